The van der Waals surface area contributed by atoms with Gasteiger partial charge in [0.1, 0.15) is 6.04 Å². The maximum Gasteiger partial charge on any atom is 0.320 e. The molecule has 0 radical (unpaired) electrons. The summed E-state index contributed by atoms with van der Waals surface area (Å²) in [5.41, 5.74) is 4.80. The van der Waals surface area contributed by atoms with Crippen molar-refractivity contribution in [3.63, 3.8) is 0 Å². The van der Waals surface area contributed by atoms with Crippen LogP contribution < -0.4 is 0 Å². The van der Waals surface area contributed by atoms with Gasteiger partial charge >= 0.3 is 5.97 Å². The fourth-order valence-corrected chi connectivity index (χ4v) is 3.72. The Morgan fingerprint density at radius 3 is 2.46 bits per heavy atom. The van der Waals surface area contributed by atoms with Gasteiger partial charge in [0.25, 0.3) is 0 Å². The Morgan fingerprint density at radius 1 is 1.08 bits per heavy atom. The maximum absolute atomic E-state index is 11.8. The van der Waals surface area contributed by atoms with E-state index in [4.69, 9.17) is 0 Å². The van der Waals surface area contributed by atoms with Crippen molar-refractivity contribution >= 4 is 5.97 Å². The third-order valence-electron chi connectivity index (χ3n) is 5.04. The SMILES string of the molecule is Cc1ccc(C(c2ccccc2C)N2CCCCC2C(=O)O)cc1. The predicted molar refractivity (Wildman–Crippen MR) is 96.2 cm³/mol. The molecular formula is C21H25NO2. The Morgan fingerprint density at radius 2 is 1.79 bits per heavy atom. The fraction of sp³-hybridized carbons (Fsp3) is 0.381. The minimum atomic E-state index is -0.708. The second-order valence-corrected chi connectivity index (χ2v) is 6.76. The molecule has 1 fully saturated rings. The first-order valence-electron chi connectivity index (χ1n) is 8.68. The molecule has 3 rings (SSSR count). The smallest absolute Gasteiger partial charge is 0.320 e. The molecule has 24 heavy (non-hydrogen) atoms. The van der Waals surface area contributed by atoms with Crippen LogP contribution in [0.1, 0.15) is 47.6 Å². The van der Waals surface area contributed by atoms with Crippen LogP contribution in [0.2, 0.25) is 0 Å². The van der Waals surface area contributed by atoms with Crippen LogP contribution in [-0.4, -0.2) is 28.6 Å². The zero-order valence-electron chi connectivity index (χ0n) is 14.4. The minimum Gasteiger partial charge on any atom is -0.480 e. The zero-order valence-corrected chi connectivity index (χ0v) is 14.4. The molecule has 3 heteroatoms. The summed E-state index contributed by atoms with van der Waals surface area (Å²) in [6.45, 7) is 5.01. The Hall–Kier alpha value is -2.13. The Labute approximate surface area is 143 Å². The molecule has 1 saturated heterocycles. The van der Waals surface area contributed by atoms with Crippen LogP contribution in [0.3, 0.4) is 0 Å². The van der Waals surface area contributed by atoms with Gasteiger partial charge in [-0.1, -0.05) is 60.5 Å². The fourth-order valence-electron chi connectivity index (χ4n) is 3.72. The molecule has 0 bridgehead atoms. The van der Waals surface area contributed by atoms with Gasteiger partial charge in [-0.05, 0) is 49.9 Å². The van der Waals surface area contributed by atoms with Crippen molar-refractivity contribution in [2.75, 3.05) is 6.54 Å². The number of carbonyl (C=O) groups is 1. The van der Waals surface area contributed by atoms with E-state index in [1.165, 1.54) is 22.3 Å². The second-order valence-electron chi connectivity index (χ2n) is 6.76. The van der Waals surface area contributed by atoms with Crippen molar-refractivity contribution in [1.82, 2.24) is 4.90 Å². The van der Waals surface area contributed by atoms with Gasteiger partial charge < -0.3 is 5.11 Å². The van der Waals surface area contributed by atoms with E-state index in [0.29, 0.717) is 0 Å². The van der Waals surface area contributed by atoms with Crippen LogP contribution in [0.4, 0.5) is 0 Å². The number of likely N-dealkylation sites (tertiary alicyclic amines) is 1. The van der Waals surface area contributed by atoms with E-state index >= 15 is 0 Å². The van der Waals surface area contributed by atoms with Crippen molar-refractivity contribution < 1.29 is 9.90 Å². The number of rotatable bonds is 4. The summed E-state index contributed by atoms with van der Waals surface area (Å²) in [5.74, 6) is -0.708. The van der Waals surface area contributed by atoms with E-state index in [1.807, 2.05) is 12.1 Å². The zero-order chi connectivity index (χ0) is 17.1. The molecule has 1 aliphatic heterocycles. The average molecular weight is 323 g/mol. The molecule has 0 amide bonds. The molecule has 2 atom stereocenters. The lowest BCUT2D eigenvalue weighted by Crippen LogP contribution is -2.47. The lowest BCUT2D eigenvalue weighted by atomic mass is 9.89. The van der Waals surface area contributed by atoms with Gasteiger partial charge in [0.2, 0.25) is 0 Å². The van der Waals surface area contributed by atoms with Crippen LogP contribution in [0, 0.1) is 13.8 Å². The molecule has 2 unspecified atom stereocenters. The van der Waals surface area contributed by atoms with Crippen molar-refractivity contribution in [2.45, 2.75) is 45.2 Å². The number of piperidine rings is 1. The number of aryl methyl sites for hydroxylation is 2. The van der Waals surface area contributed by atoms with Gasteiger partial charge in [-0.2, -0.15) is 0 Å². The normalized spacial score (nSPS) is 19.8. The molecule has 1 N–H and O–H groups in total. The molecule has 2 aromatic rings. The minimum absolute atomic E-state index is 0.00630. The molecule has 0 aromatic heterocycles. The van der Waals surface area contributed by atoms with Crippen molar-refractivity contribution in [3.05, 3.63) is 70.8 Å². The lowest BCUT2D eigenvalue weighted by Gasteiger charge is -2.40. The number of hydrogen-bond acceptors (Lipinski definition) is 2. The van der Waals surface area contributed by atoms with E-state index < -0.39 is 12.0 Å². The van der Waals surface area contributed by atoms with Gasteiger partial charge in [-0.3, -0.25) is 9.69 Å². The van der Waals surface area contributed by atoms with E-state index in [1.54, 1.807) is 0 Å². The van der Waals surface area contributed by atoms with Gasteiger partial charge in [0.15, 0.2) is 0 Å². The second kappa shape index (κ2) is 7.18. The summed E-state index contributed by atoms with van der Waals surface area (Å²) < 4.78 is 0. The Balaban J connectivity index is 2.09. The van der Waals surface area contributed by atoms with Crippen LogP contribution in [0.15, 0.2) is 48.5 Å². The molecule has 0 spiro atoms. The highest BCUT2D eigenvalue weighted by Crippen LogP contribution is 2.35. The van der Waals surface area contributed by atoms with Gasteiger partial charge in [0, 0.05) is 0 Å². The first kappa shape index (κ1) is 16.7. The molecule has 1 aliphatic rings. The Bertz CT molecular complexity index is 708. The molecule has 0 saturated carbocycles. The first-order chi connectivity index (χ1) is 11.6. The number of hydrogen-bond donors (Lipinski definition) is 1. The van der Waals surface area contributed by atoms with E-state index in [2.05, 4.69) is 55.1 Å². The highest BCUT2D eigenvalue weighted by Gasteiger charge is 2.35. The predicted octanol–water partition coefficient (Wildman–Crippen LogP) is 4.33. The Kier molecular flexibility index (Phi) is 5.00. The van der Waals surface area contributed by atoms with Crippen molar-refractivity contribution in [2.24, 2.45) is 0 Å². The molecule has 2 aromatic carbocycles. The number of benzene rings is 2. The molecule has 0 aliphatic carbocycles. The topological polar surface area (TPSA) is 40.5 Å². The highest BCUT2D eigenvalue weighted by atomic mass is 16.4. The van der Waals surface area contributed by atoms with Gasteiger partial charge in [-0.25, -0.2) is 0 Å². The number of aliphatic carboxylic acids is 1. The standard InChI is InChI=1S/C21H25NO2/c1-15-10-12-17(13-11-15)20(18-8-4-3-7-16(18)2)22-14-6-5-9-19(22)21(23)24/h3-4,7-8,10-13,19-20H,5-6,9,14H2,1-2H3,(H,23,24). The van der Waals surface area contributed by atoms with Crippen molar-refractivity contribution in [3.8, 4) is 0 Å². The molecular weight excluding hydrogens is 298 g/mol. The summed E-state index contributed by atoms with van der Waals surface area (Å²) in [5, 5.41) is 9.72. The summed E-state index contributed by atoms with van der Waals surface area (Å²) in [6.07, 6.45) is 2.77. The summed E-state index contributed by atoms with van der Waals surface area (Å²) >= 11 is 0. The quantitative estimate of drug-likeness (QED) is 0.910. The largest absolute Gasteiger partial charge is 0.480 e. The lowest BCUT2D eigenvalue weighted by molar-refractivity contribution is -0.145. The van der Waals surface area contributed by atoms with Crippen LogP contribution in [0.5, 0.6) is 0 Å². The van der Waals surface area contributed by atoms with Gasteiger partial charge in [0.05, 0.1) is 6.04 Å². The molecule has 3 nitrogen and oxygen atoms in total. The average Bonchev–Trinajstić information content (AvgIpc) is 2.59. The van der Waals surface area contributed by atoms with E-state index in [-0.39, 0.29) is 6.04 Å². The number of carboxylic acids is 1. The van der Waals surface area contributed by atoms with Crippen molar-refractivity contribution in [1.29, 1.82) is 0 Å². The summed E-state index contributed by atoms with van der Waals surface area (Å²) in [6, 6.07) is 16.4. The third-order valence-corrected chi connectivity index (χ3v) is 5.04. The summed E-state index contributed by atoms with van der Waals surface area (Å²) in [4.78, 5) is 14.0. The summed E-state index contributed by atoms with van der Waals surface area (Å²) in [7, 11) is 0. The number of nitrogens with zero attached hydrogens (tertiary/aromatic N) is 1. The molecule has 126 valence electrons. The van der Waals surface area contributed by atoms with E-state index in [0.717, 1.165) is 25.8 Å². The molecule has 1 heterocycles. The highest BCUT2D eigenvalue weighted by molar-refractivity contribution is 5.73. The van der Waals surface area contributed by atoms with Gasteiger partial charge in [-0.15, -0.1) is 0 Å². The van der Waals surface area contributed by atoms with Crippen LogP contribution >= 0.6 is 0 Å². The third kappa shape index (κ3) is 3.36. The van der Waals surface area contributed by atoms with Crippen LogP contribution in [-0.2, 0) is 4.79 Å². The maximum atomic E-state index is 11.8. The van der Waals surface area contributed by atoms with Crippen LogP contribution in [0.25, 0.3) is 0 Å². The van der Waals surface area contributed by atoms with E-state index in [9.17, 15) is 9.90 Å². The monoisotopic (exact) mass is 323 g/mol. The first-order valence-corrected chi connectivity index (χ1v) is 8.68. The number of carboxylic acid groups (broad SMARTS) is 1.